The van der Waals surface area contributed by atoms with Crippen LogP contribution in [0.4, 0.5) is 0 Å². The van der Waals surface area contributed by atoms with E-state index in [1.54, 1.807) is 12.5 Å². The van der Waals surface area contributed by atoms with Crippen molar-refractivity contribution in [1.29, 1.82) is 0 Å². The molecule has 0 unspecified atom stereocenters. The minimum Gasteiger partial charge on any atom is -0.353 e. The number of aryl methyl sites for hydroxylation is 2. The predicted molar refractivity (Wildman–Crippen MR) is 132 cm³/mol. The fourth-order valence-corrected chi connectivity index (χ4v) is 3.96. The molecule has 0 bridgehead atoms. The van der Waals surface area contributed by atoms with Crippen LogP contribution in [0, 0.1) is 6.92 Å². The molecule has 7 nitrogen and oxygen atoms in total. The molecule has 5 aromatic rings. The molecule has 5 aromatic heterocycles. The average molecular weight is 436 g/mol. The molecule has 0 aromatic carbocycles. The van der Waals surface area contributed by atoms with Crippen LogP contribution in [0.3, 0.4) is 0 Å². The number of hydrogen-bond donors (Lipinski definition) is 2. The fourth-order valence-electron chi connectivity index (χ4n) is 3.96. The number of rotatable bonds is 5. The second kappa shape index (κ2) is 8.35. The second-order valence-electron chi connectivity index (χ2n) is 7.99. The van der Waals surface area contributed by atoms with Gasteiger partial charge in [0.05, 0.1) is 22.3 Å². The van der Waals surface area contributed by atoms with Gasteiger partial charge in [0.2, 0.25) is 0 Å². The Morgan fingerprint density at radius 1 is 1.21 bits per heavy atom. The highest BCUT2D eigenvalue weighted by atomic mass is 15.1. The standard InChI is InChI=1S/C26H25N7/c1-5-18-10-19(13-27-12-18)16(3)9-20-22(6-2)31-32-25(20)24-11-21-23(30-24)7-8-28-26(21)33-14-17(4)29-15-33/h6-15,30-31H,3,5H2,1-2,4H3/b20-9+,22-6+. The summed E-state index contributed by atoms with van der Waals surface area (Å²) in [4.78, 5) is 16.8. The van der Waals surface area contributed by atoms with Gasteiger partial charge in [0, 0.05) is 35.4 Å². The summed E-state index contributed by atoms with van der Waals surface area (Å²) in [6.45, 7) is 10.4. The Labute approximate surface area is 191 Å². The topological polar surface area (TPSA) is 88.1 Å². The third-order valence-corrected chi connectivity index (χ3v) is 5.75. The van der Waals surface area contributed by atoms with Crippen LogP contribution in [0.2, 0.25) is 0 Å². The van der Waals surface area contributed by atoms with Crippen molar-refractivity contribution in [3.05, 3.63) is 83.3 Å². The molecule has 0 atom stereocenters. The van der Waals surface area contributed by atoms with Crippen LogP contribution in [0.15, 0.2) is 55.9 Å². The zero-order valence-electron chi connectivity index (χ0n) is 18.9. The quantitative estimate of drug-likeness (QED) is 0.441. The number of fused-ring (bicyclic) bond motifs is 1. The van der Waals surface area contributed by atoms with E-state index >= 15 is 0 Å². The van der Waals surface area contributed by atoms with Gasteiger partial charge in [-0.2, -0.15) is 5.10 Å². The van der Waals surface area contributed by atoms with E-state index in [0.29, 0.717) is 0 Å². The summed E-state index contributed by atoms with van der Waals surface area (Å²) >= 11 is 0. The van der Waals surface area contributed by atoms with Crippen molar-refractivity contribution in [2.75, 3.05) is 0 Å². The summed E-state index contributed by atoms with van der Waals surface area (Å²) in [6.07, 6.45) is 14.3. The molecule has 0 aliphatic carbocycles. The van der Waals surface area contributed by atoms with Crippen molar-refractivity contribution in [3.8, 4) is 17.2 Å². The molecule has 0 radical (unpaired) electrons. The van der Waals surface area contributed by atoms with Crippen molar-refractivity contribution >= 4 is 28.6 Å². The van der Waals surface area contributed by atoms with Gasteiger partial charge in [0.25, 0.3) is 0 Å². The van der Waals surface area contributed by atoms with E-state index in [0.717, 1.165) is 61.9 Å². The molecule has 164 valence electrons. The van der Waals surface area contributed by atoms with E-state index in [-0.39, 0.29) is 0 Å². The molecule has 7 heteroatoms. The van der Waals surface area contributed by atoms with Gasteiger partial charge in [-0.15, -0.1) is 0 Å². The normalized spacial score (nSPS) is 12.7. The minimum atomic E-state index is 0.825. The second-order valence-corrected chi connectivity index (χ2v) is 7.99. The minimum absolute atomic E-state index is 0.825. The zero-order chi connectivity index (χ0) is 22.9. The smallest absolute Gasteiger partial charge is 0.147 e. The van der Waals surface area contributed by atoms with Gasteiger partial charge in [-0.1, -0.05) is 19.6 Å². The molecular formula is C26H25N7. The summed E-state index contributed by atoms with van der Waals surface area (Å²) in [6, 6.07) is 6.19. The van der Waals surface area contributed by atoms with E-state index in [1.165, 1.54) is 5.56 Å². The first-order valence-electron chi connectivity index (χ1n) is 10.9. The third-order valence-electron chi connectivity index (χ3n) is 5.75. The molecule has 5 heterocycles. The number of nitrogens with one attached hydrogen (secondary N) is 2. The van der Waals surface area contributed by atoms with E-state index in [4.69, 9.17) is 0 Å². The van der Waals surface area contributed by atoms with Gasteiger partial charge in [-0.05, 0) is 61.2 Å². The first kappa shape index (κ1) is 20.6. The molecular weight excluding hydrogens is 410 g/mol. The van der Waals surface area contributed by atoms with E-state index in [1.807, 2.05) is 49.1 Å². The lowest BCUT2D eigenvalue weighted by atomic mass is 10.0. The average Bonchev–Trinajstić information content (AvgIpc) is 3.56. The molecule has 0 saturated heterocycles. The molecule has 0 aliphatic heterocycles. The molecule has 0 aliphatic rings. The summed E-state index contributed by atoms with van der Waals surface area (Å²) < 4.78 is 1.94. The van der Waals surface area contributed by atoms with E-state index < -0.39 is 0 Å². The molecule has 2 N–H and O–H groups in total. The van der Waals surface area contributed by atoms with Gasteiger partial charge in [-0.3, -0.25) is 14.6 Å². The van der Waals surface area contributed by atoms with Crippen LogP contribution >= 0.6 is 0 Å². The maximum Gasteiger partial charge on any atom is 0.147 e. The van der Waals surface area contributed by atoms with Crippen molar-refractivity contribution in [2.24, 2.45) is 0 Å². The fraction of sp³-hybridized carbons (Fsp3) is 0.154. The van der Waals surface area contributed by atoms with Gasteiger partial charge in [-0.25, -0.2) is 9.97 Å². The summed E-state index contributed by atoms with van der Waals surface area (Å²) in [5.41, 5.74) is 6.72. The number of nitrogens with zero attached hydrogens (tertiary/aromatic N) is 5. The summed E-state index contributed by atoms with van der Waals surface area (Å²) in [5, 5.41) is 10.7. The summed E-state index contributed by atoms with van der Waals surface area (Å²) in [7, 11) is 0. The highest BCUT2D eigenvalue weighted by Gasteiger charge is 2.13. The molecule has 0 spiro atoms. The van der Waals surface area contributed by atoms with E-state index in [9.17, 15) is 0 Å². The molecule has 33 heavy (non-hydrogen) atoms. The van der Waals surface area contributed by atoms with Gasteiger partial charge >= 0.3 is 0 Å². The highest BCUT2D eigenvalue weighted by molar-refractivity contribution is 5.92. The number of pyridine rings is 2. The Bertz CT molecular complexity index is 1600. The first-order chi connectivity index (χ1) is 16.1. The maximum absolute atomic E-state index is 4.62. The van der Waals surface area contributed by atoms with Crippen molar-refractivity contribution in [3.63, 3.8) is 0 Å². The van der Waals surface area contributed by atoms with Crippen molar-refractivity contribution < 1.29 is 0 Å². The highest BCUT2D eigenvalue weighted by Crippen LogP contribution is 2.25. The Hall–Kier alpha value is -4.26. The number of H-pyrrole nitrogens is 2. The Morgan fingerprint density at radius 2 is 2.09 bits per heavy atom. The number of allylic oxidation sites excluding steroid dienone is 1. The van der Waals surface area contributed by atoms with Crippen LogP contribution in [-0.2, 0) is 6.42 Å². The lowest BCUT2D eigenvalue weighted by Gasteiger charge is -2.02. The predicted octanol–water partition coefficient (Wildman–Crippen LogP) is 3.70. The largest absolute Gasteiger partial charge is 0.353 e. The van der Waals surface area contributed by atoms with Gasteiger partial charge < -0.3 is 4.98 Å². The Balaban J connectivity index is 1.65. The Kier molecular flexibility index (Phi) is 5.22. The first-order valence-corrected chi connectivity index (χ1v) is 10.9. The number of imidazole rings is 1. The monoisotopic (exact) mass is 435 g/mol. The number of aromatic nitrogens is 7. The number of aromatic amines is 2. The lowest BCUT2D eigenvalue weighted by molar-refractivity contribution is 1.01. The van der Waals surface area contributed by atoms with Gasteiger partial charge in [0.15, 0.2) is 0 Å². The van der Waals surface area contributed by atoms with Crippen LogP contribution < -0.4 is 10.6 Å². The van der Waals surface area contributed by atoms with Crippen molar-refractivity contribution in [1.82, 2.24) is 34.7 Å². The Morgan fingerprint density at radius 3 is 2.85 bits per heavy atom. The number of hydrogen-bond acceptors (Lipinski definition) is 4. The molecule has 0 fully saturated rings. The molecule has 0 amide bonds. The van der Waals surface area contributed by atoms with Crippen LogP contribution in [-0.4, -0.2) is 34.7 Å². The van der Waals surface area contributed by atoms with Crippen LogP contribution in [0.5, 0.6) is 0 Å². The molecule has 0 saturated carbocycles. The SMILES string of the molecule is C=C(/C=c1/c(-c2cc3c(-n4cnc(C)c4)nccc3[nH]2)n[nH]/c1=C/C)c1cncc(CC)c1. The maximum atomic E-state index is 4.62. The summed E-state index contributed by atoms with van der Waals surface area (Å²) in [5.74, 6) is 0.825. The molecule has 5 rings (SSSR count). The van der Waals surface area contributed by atoms with E-state index in [2.05, 4.69) is 61.8 Å². The van der Waals surface area contributed by atoms with Crippen LogP contribution in [0.25, 0.3) is 45.8 Å². The zero-order valence-corrected chi connectivity index (χ0v) is 18.9. The third kappa shape index (κ3) is 3.78. The van der Waals surface area contributed by atoms with Crippen molar-refractivity contribution in [2.45, 2.75) is 27.2 Å². The lowest BCUT2D eigenvalue weighted by Crippen LogP contribution is -2.23. The van der Waals surface area contributed by atoms with Crippen LogP contribution in [0.1, 0.15) is 30.7 Å². The van der Waals surface area contributed by atoms with Gasteiger partial charge in [0.1, 0.15) is 17.8 Å².